The quantitative estimate of drug-likeness (QED) is 0.776. The molecule has 0 fully saturated rings. The second-order valence-corrected chi connectivity index (χ2v) is 5.71. The van der Waals surface area contributed by atoms with Crippen LogP contribution in [-0.2, 0) is 0 Å². The average Bonchev–Trinajstić information content (AvgIpc) is 3.10. The van der Waals surface area contributed by atoms with E-state index in [0.717, 1.165) is 19.4 Å². The molecule has 2 rings (SSSR count). The van der Waals surface area contributed by atoms with Crippen LogP contribution >= 0.6 is 11.3 Å². The van der Waals surface area contributed by atoms with Crippen LogP contribution in [-0.4, -0.2) is 16.7 Å². The van der Waals surface area contributed by atoms with Crippen LogP contribution in [0.1, 0.15) is 56.5 Å². The van der Waals surface area contributed by atoms with E-state index in [2.05, 4.69) is 52.2 Å². The standard InChI is InChI=1S/C14H22N4OS/c1-4-7-11(12-8-6-9-20-12)16-14-18-17-13(19-14)10(3)15-5-2/h6,8-11,15H,4-5,7H2,1-3H3,(H,16,18). The van der Waals surface area contributed by atoms with Crippen LogP contribution < -0.4 is 10.6 Å². The maximum atomic E-state index is 5.68. The number of hydrogen-bond donors (Lipinski definition) is 2. The van der Waals surface area contributed by atoms with Crippen LogP contribution in [0.25, 0.3) is 0 Å². The summed E-state index contributed by atoms with van der Waals surface area (Å²) >= 11 is 1.75. The van der Waals surface area contributed by atoms with Gasteiger partial charge in [-0.05, 0) is 31.3 Å². The van der Waals surface area contributed by atoms with Crippen molar-refractivity contribution < 1.29 is 4.42 Å². The van der Waals surface area contributed by atoms with Gasteiger partial charge in [-0.2, -0.15) is 0 Å². The van der Waals surface area contributed by atoms with Gasteiger partial charge in [0, 0.05) is 4.88 Å². The summed E-state index contributed by atoms with van der Waals surface area (Å²) in [5, 5.41) is 16.9. The molecule has 6 heteroatoms. The summed E-state index contributed by atoms with van der Waals surface area (Å²) in [5.41, 5.74) is 0. The Kier molecular flexibility index (Phi) is 5.55. The lowest BCUT2D eigenvalue weighted by Crippen LogP contribution is -2.17. The molecular formula is C14H22N4OS. The summed E-state index contributed by atoms with van der Waals surface area (Å²) in [6.07, 6.45) is 2.14. The summed E-state index contributed by atoms with van der Waals surface area (Å²) in [7, 11) is 0. The number of aromatic nitrogens is 2. The molecule has 2 heterocycles. The predicted molar refractivity (Wildman–Crippen MR) is 82.0 cm³/mol. The first-order valence-electron chi connectivity index (χ1n) is 7.11. The molecule has 2 atom stereocenters. The highest BCUT2D eigenvalue weighted by Crippen LogP contribution is 2.27. The maximum absolute atomic E-state index is 5.68. The number of nitrogens with one attached hydrogen (secondary N) is 2. The highest BCUT2D eigenvalue weighted by atomic mass is 32.1. The number of thiophene rings is 1. The van der Waals surface area contributed by atoms with E-state index in [-0.39, 0.29) is 12.1 Å². The van der Waals surface area contributed by atoms with Crippen molar-refractivity contribution >= 4 is 17.4 Å². The number of rotatable bonds is 8. The zero-order valence-electron chi connectivity index (χ0n) is 12.2. The first-order valence-corrected chi connectivity index (χ1v) is 7.99. The molecule has 0 bridgehead atoms. The smallest absolute Gasteiger partial charge is 0.316 e. The number of nitrogens with zero attached hydrogens (tertiary/aromatic N) is 2. The van der Waals surface area contributed by atoms with Gasteiger partial charge in [-0.25, -0.2) is 0 Å². The molecule has 2 aromatic heterocycles. The average molecular weight is 294 g/mol. The normalized spacial score (nSPS) is 14.2. The van der Waals surface area contributed by atoms with E-state index < -0.39 is 0 Å². The fourth-order valence-electron chi connectivity index (χ4n) is 2.07. The third-order valence-corrected chi connectivity index (χ3v) is 4.07. The monoisotopic (exact) mass is 294 g/mol. The van der Waals surface area contributed by atoms with Crippen LogP contribution in [0.3, 0.4) is 0 Å². The number of hydrogen-bond acceptors (Lipinski definition) is 6. The van der Waals surface area contributed by atoms with Gasteiger partial charge < -0.3 is 15.1 Å². The molecule has 0 aromatic carbocycles. The summed E-state index contributed by atoms with van der Waals surface area (Å²) in [6, 6.07) is 5.02. The van der Waals surface area contributed by atoms with Gasteiger partial charge in [-0.1, -0.05) is 31.4 Å². The van der Waals surface area contributed by atoms with Crippen LogP contribution in [0.4, 0.5) is 6.01 Å². The molecule has 0 aliphatic heterocycles. The number of anilines is 1. The van der Waals surface area contributed by atoms with Gasteiger partial charge in [-0.15, -0.1) is 16.4 Å². The minimum Gasteiger partial charge on any atom is -0.406 e. The second kappa shape index (κ2) is 7.40. The van der Waals surface area contributed by atoms with E-state index in [9.17, 15) is 0 Å². The Bertz CT molecular complexity index is 497. The first kappa shape index (κ1) is 15.0. The van der Waals surface area contributed by atoms with E-state index in [1.807, 2.05) is 6.92 Å². The van der Waals surface area contributed by atoms with E-state index >= 15 is 0 Å². The highest BCUT2D eigenvalue weighted by molar-refractivity contribution is 7.10. The van der Waals surface area contributed by atoms with Gasteiger partial charge >= 0.3 is 6.01 Å². The molecule has 0 radical (unpaired) electrons. The molecule has 110 valence electrons. The predicted octanol–water partition coefficient (Wildman–Crippen LogP) is 3.75. The van der Waals surface area contributed by atoms with E-state index in [1.54, 1.807) is 11.3 Å². The van der Waals surface area contributed by atoms with Crippen LogP contribution in [0.5, 0.6) is 0 Å². The molecule has 0 saturated heterocycles. The molecule has 0 aliphatic rings. The lowest BCUT2D eigenvalue weighted by molar-refractivity contribution is 0.426. The van der Waals surface area contributed by atoms with Crippen molar-refractivity contribution in [2.24, 2.45) is 0 Å². The molecule has 20 heavy (non-hydrogen) atoms. The molecule has 5 nitrogen and oxygen atoms in total. The second-order valence-electron chi connectivity index (χ2n) is 4.73. The summed E-state index contributed by atoms with van der Waals surface area (Å²) in [4.78, 5) is 1.30. The van der Waals surface area contributed by atoms with E-state index in [1.165, 1.54) is 4.88 Å². The van der Waals surface area contributed by atoms with Crippen molar-refractivity contribution in [1.82, 2.24) is 15.5 Å². The van der Waals surface area contributed by atoms with Crippen molar-refractivity contribution in [3.8, 4) is 0 Å². The summed E-state index contributed by atoms with van der Waals surface area (Å²) in [5.74, 6) is 0.621. The Hall–Kier alpha value is -1.40. The molecule has 0 aliphatic carbocycles. The van der Waals surface area contributed by atoms with Crippen LogP contribution in [0.2, 0.25) is 0 Å². The maximum Gasteiger partial charge on any atom is 0.316 e. The van der Waals surface area contributed by atoms with Crippen molar-refractivity contribution in [3.05, 3.63) is 28.3 Å². The van der Waals surface area contributed by atoms with Gasteiger partial charge in [0.1, 0.15) is 0 Å². The van der Waals surface area contributed by atoms with E-state index in [0.29, 0.717) is 11.9 Å². The largest absolute Gasteiger partial charge is 0.406 e. The van der Waals surface area contributed by atoms with Gasteiger partial charge in [0.05, 0.1) is 12.1 Å². The highest BCUT2D eigenvalue weighted by Gasteiger charge is 2.17. The molecule has 0 amide bonds. The Morgan fingerprint density at radius 3 is 2.85 bits per heavy atom. The van der Waals surface area contributed by atoms with Gasteiger partial charge in [0.2, 0.25) is 5.89 Å². The zero-order valence-corrected chi connectivity index (χ0v) is 13.0. The van der Waals surface area contributed by atoms with Gasteiger partial charge in [0.15, 0.2) is 0 Å². The van der Waals surface area contributed by atoms with Gasteiger partial charge in [0.25, 0.3) is 0 Å². The minimum absolute atomic E-state index is 0.0782. The van der Waals surface area contributed by atoms with Crippen molar-refractivity contribution in [1.29, 1.82) is 0 Å². The van der Waals surface area contributed by atoms with Crippen LogP contribution in [0, 0.1) is 0 Å². The Morgan fingerprint density at radius 2 is 2.20 bits per heavy atom. The van der Waals surface area contributed by atoms with Gasteiger partial charge in [-0.3, -0.25) is 0 Å². The first-order chi connectivity index (χ1) is 9.74. The molecular weight excluding hydrogens is 272 g/mol. The van der Waals surface area contributed by atoms with Crippen molar-refractivity contribution in [2.75, 3.05) is 11.9 Å². The zero-order chi connectivity index (χ0) is 14.4. The molecule has 0 spiro atoms. The molecule has 2 N–H and O–H groups in total. The molecule has 2 aromatic rings. The SMILES string of the molecule is CCCC(Nc1nnc(C(C)NCC)o1)c1cccs1. The Morgan fingerprint density at radius 1 is 1.35 bits per heavy atom. The third-order valence-electron chi connectivity index (χ3n) is 3.08. The topological polar surface area (TPSA) is 63.0 Å². The Labute approximate surface area is 123 Å². The van der Waals surface area contributed by atoms with E-state index in [4.69, 9.17) is 4.42 Å². The summed E-state index contributed by atoms with van der Waals surface area (Å²) in [6.45, 7) is 7.12. The van der Waals surface area contributed by atoms with Crippen molar-refractivity contribution in [2.45, 2.75) is 45.7 Å². The minimum atomic E-state index is 0.0782. The Balaban J connectivity index is 2.04. The fraction of sp³-hybridized carbons (Fsp3) is 0.571. The summed E-state index contributed by atoms with van der Waals surface area (Å²) < 4.78 is 5.68. The lowest BCUT2D eigenvalue weighted by Gasteiger charge is -2.14. The van der Waals surface area contributed by atoms with Crippen LogP contribution in [0.15, 0.2) is 21.9 Å². The molecule has 2 unspecified atom stereocenters. The fourth-order valence-corrected chi connectivity index (χ4v) is 2.89. The third kappa shape index (κ3) is 3.80. The van der Waals surface area contributed by atoms with Crippen molar-refractivity contribution in [3.63, 3.8) is 0 Å². The molecule has 0 saturated carbocycles. The lowest BCUT2D eigenvalue weighted by atomic mass is 10.1.